The van der Waals surface area contributed by atoms with E-state index in [0.717, 1.165) is 36.6 Å². The molecule has 1 aliphatic heterocycles. The molecular weight excluding hydrogens is 240 g/mol. The van der Waals surface area contributed by atoms with Gasteiger partial charge in [0.25, 0.3) is 0 Å². The summed E-state index contributed by atoms with van der Waals surface area (Å²) in [6, 6.07) is 4.54. The third-order valence-corrected chi connectivity index (χ3v) is 4.07. The second-order valence-electron chi connectivity index (χ2n) is 5.36. The van der Waals surface area contributed by atoms with Gasteiger partial charge in [0.05, 0.1) is 14.2 Å². The summed E-state index contributed by atoms with van der Waals surface area (Å²) in [5.74, 6) is 2.34. The highest BCUT2D eigenvalue weighted by atomic mass is 16.5. The summed E-state index contributed by atoms with van der Waals surface area (Å²) >= 11 is 0. The average molecular weight is 264 g/mol. The number of nitrogens with two attached hydrogens (primary N) is 1. The normalized spacial score (nSPS) is 23.6. The van der Waals surface area contributed by atoms with Crippen LogP contribution in [0.2, 0.25) is 0 Å². The molecule has 2 atom stereocenters. The summed E-state index contributed by atoms with van der Waals surface area (Å²) in [6.45, 7) is 3.87. The van der Waals surface area contributed by atoms with E-state index in [1.807, 2.05) is 6.07 Å². The van der Waals surface area contributed by atoms with E-state index >= 15 is 0 Å². The van der Waals surface area contributed by atoms with Crippen molar-refractivity contribution in [2.24, 2.45) is 11.7 Å². The number of methoxy groups -OCH3 is 2. The van der Waals surface area contributed by atoms with Crippen molar-refractivity contribution in [3.05, 3.63) is 23.3 Å². The molecule has 1 aromatic rings. The maximum atomic E-state index is 5.80. The third-order valence-electron chi connectivity index (χ3n) is 4.07. The van der Waals surface area contributed by atoms with Crippen molar-refractivity contribution in [3.63, 3.8) is 0 Å². The molecule has 19 heavy (non-hydrogen) atoms. The van der Waals surface area contributed by atoms with Crippen LogP contribution in [0.15, 0.2) is 12.1 Å². The van der Waals surface area contributed by atoms with Crippen molar-refractivity contribution < 1.29 is 9.47 Å². The van der Waals surface area contributed by atoms with Crippen LogP contribution in [0.4, 0.5) is 0 Å². The van der Waals surface area contributed by atoms with Crippen LogP contribution in [0, 0.1) is 12.8 Å². The Hall–Kier alpha value is -1.26. The van der Waals surface area contributed by atoms with Gasteiger partial charge in [-0.05, 0) is 44.5 Å². The molecule has 1 aliphatic rings. The first-order chi connectivity index (χ1) is 9.10. The van der Waals surface area contributed by atoms with Crippen molar-refractivity contribution in [1.29, 1.82) is 0 Å². The molecule has 0 saturated carbocycles. The van der Waals surface area contributed by atoms with Gasteiger partial charge in [-0.2, -0.15) is 0 Å². The van der Waals surface area contributed by atoms with E-state index in [1.165, 1.54) is 5.56 Å². The molecule has 106 valence electrons. The van der Waals surface area contributed by atoms with Crippen molar-refractivity contribution in [1.82, 2.24) is 4.90 Å². The van der Waals surface area contributed by atoms with E-state index in [2.05, 4.69) is 24.9 Å². The molecule has 2 unspecified atom stereocenters. The first-order valence-corrected chi connectivity index (χ1v) is 6.73. The van der Waals surface area contributed by atoms with E-state index in [4.69, 9.17) is 15.2 Å². The molecule has 2 rings (SSSR count). The molecule has 0 radical (unpaired) electrons. The van der Waals surface area contributed by atoms with E-state index in [1.54, 1.807) is 14.2 Å². The number of aryl methyl sites for hydroxylation is 1. The Labute approximate surface area is 115 Å². The van der Waals surface area contributed by atoms with Crippen LogP contribution in [-0.4, -0.2) is 39.3 Å². The lowest BCUT2D eigenvalue weighted by Gasteiger charge is -2.23. The largest absolute Gasteiger partial charge is 0.496 e. The monoisotopic (exact) mass is 264 g/mol. The molecule has 0 bridgehead atoms. The molecule has 1 saturated heterocycles. The Morgan fingerprint density at radius 3 is 2.47 bits per heavy atom. The molecule has 4 heteroatoms. The van der Waals surface area contributed by atoms with Gasteiger partial charge in [0.15, 0.2) is 0 Å². The minimum Gasteiger partial charge on any atom is -0.496 e. The Balaban J connectivity index is 2.36. The summed E-state index contributed by atoms with van der Waals surface area (Å²) in [5, 5.41) is 0. The predicted molar refractivity (Wildman–Crippen MR) is 76.8 cm³/mol. The summed E-state index contributed by atoms with van der Waals surface area (Å²) in [7, 11) is 5.55. The van der Waals surface area contributed by atoms with Gasteiger partial charge in [0, 0.05) is 24.2 Å². The summed E-state index contributed by atoms with van der Waals surface area (Å²) in [5.41, 5.74) is 8.18. The highest BCUT2D eigenvalue weighted by Crippen LogP contribution is 2.40. The minimum atomic E-state index is 0.383. The number of likely N-dealkylation sites (tertiary alicyclic amines) is 1. The van der Waals surface area contributed by atoms with Crippen LogP contribution in [-0.2, 0) is 0 Å². The molecule has 0 aliphatic carbocycles. The van der Waals surface area contributed by atoms with E-state index in [-0.39, 0.29) is 0 Å². The first-order valence-electron chi connectivity index (χ1n) is 6.73. The van der Waals surface area contributed by atoms with Gasteiger partial charge in [-0.3, -0.25) is 4.90 Å². The minimum absolute atomic E-state index is 0.383. The Morgan fingerprint density at radius 1 is 1.26 bits per heavy atom. The lowest BCUT2D eigenvalue weighted by Crippen LogP contribution is -2.21. The number of ether oxygens (including phenoxy) is 2. The standard InChI is InChI=1S/C15H24N2O2/c1-10-5-12(15(19-4)7-14(10)18-3)13-6-11(8-16)9-17(13)2/h5,7,11,13H,6,8-9,16H2,1-4H3. The second kappa shape index (κ2) is 5.80. The number of hydrogen-bond donors (Lipinski definition) is 1. The van der Waals surface area contributed by atoms with Crippen molar-refractivity contribution >= 4 is 0 Å². The van der Waals surface area contributed by atoms with Crippen LogP contribution in [0.5, 0.6) is 11.5 Å². The zero-order valence-electron chi connectivity index (χ0n) is 12.3. The maximum absolute atomic E-state index is 5.80. The predicted octanol–water partition coefficient (Wildman–Crippen LogP) is 1.96. The van der Waals surface area contributed by atoms with Crippen molar-refractivity contribution in [2.45, 2.75) is 19.4 Å². The SMILES string of the molecule is COc1cc(OC)c(C2CC(CN)CN2C)cc1C. The fraction of sp³-hybridized carbons (Fsp3) is 0.600. The summed E-state index contributed by atoms with van der Waals surface area (Å²) in [4.78, 5) is 2.36. The number of benzene rings is 1. The number of hydrogen-bond acceptors (Lipinski definition) is 4. The molecule has 1 aromatic carbocycles. The van der Waals surface area contributed by atoms with Crippen LogP contribution in [0.3, 0.4) is 0 Å². The van der Waals surface area contributed by atoms with Gasteiger partial charge in [0.1, 0.15) is 11.5 Å². The van der Waals surface area contributed by atoms with Gasteiger partial charge in [-0.1, -0.05) is 0 Å². The molecule has 0 spiro atoms. The zero-order valence-corrected chi connectivity index (χ0v) is 12.3. The molecule has 1 fully saturated rings. The summed E-state index contributed by atoms with van der Waals surface area (Å²) in [6.07, 6.45) is 1.09. The highest BCUT2D eigenvalue weighted by Gasteiger charge is 2.31. The van der Waals surface area contributed by atoms with Gasteiger partial charge in [-0.25, -0.2) is 0 Å². The number of nitrogens with zero attached hydrogens (tertiary/aromatic N) is 1. The lowest BCUT2D eigenvalue weighted by atomic mass is 9.97. The van der Waals surface area contributed by atoms with Gasteiger partial charge in [0.2, 0.25) is 0 Å². The molecule has 0 amide bonds. The van der Waals surface area contributed by atoms with Crippen LogP contribution < -0.4 is 15.2 Å². The van der Waals surface area contributed by atoms with Crippen LogP contribution in [0.1, 0.15) is 23.6 Å². The molecule has 0 aromatic heterocycles. The van der Waals surface area contributed by atoms with E-state index < -0.39 is 0 Å². The second-order valence-corrected chi connectivity index (χ2v) is 5.36. The van der Waals surface area contributed by atoms with Crippen LogP contribution in [0.25, 0.3) is 0 Å². The fourth-order valence-corrected chi connectivity index (χ4v) is 2.99. The first kappa shape index (κ1) is 14.2. The topological polar surface area (TPSA) is 47.7 Å². The van der Waals surface area contributed by atoms with Gasteiger partial charge < -0.3 is 15.2 Å². The van der Waals surface area contributed by atoms with Crippen molar-refractivity contribution in [3.8, 4) is 11.5 Å². The van der Waals surface area contributed by atoms with Gasteiger partial charge >= 0.3 is 0 Å². The van der Waals surface area contributed by atoms with Crippen molar-refractivity contribution in [2.75, 3.05) is 34.4 Å². The Morgan fingerprint density at radius 2 is 1.95 bits per heavy atom. The quantitative estimate of drug-likeness (QED) is 0.903. The third kappa shape index (κ3) is 2.69. The number of rotatable bonds is 4. The zero-order chi connectivity index (χ0) is 14.0. The summed E-state index contributed by atoms with van der Waals surface area (Å²) < 4.78 is 10.9. The fourth-order valence-electron chi connectivity index (χ4n) is 2.99. The Kier molecular flexibility index (Phi) is 4.32. The molecule has 2 N–H and O–H groups in total. The molecule has 4 nitrogen and oxygen atoms in total. The van der Waals surface area contributed by atoms with Gasteiger partial charge in [-0.15, -0.1) is 0 Å². The molecular formula is C15H24N2O2. The highest BCUT2D eigenvalue weighted by molar-refractivity contribution is 5.47. The van der Waals surface area contributed by atoms with E-state index in [0.29, 0.717) is 12.0 Å². The Bertz CT molecular complexity index is 448. The van der Waals surface area contributed by atoms with Crippen LogP contribution >= 0.6 is 0 Å². The molecule has 1 heterocycles. The lowest BCUT2D eigenvalue weighted by molar-refractivity contribution is 0.302. The van der Waals surface area contributed by atoms with E-state index in [9.17, 15) is 0 Å². The maximum Gasteiger partial charge on any atom is 0.127 e. The average Bonchev–Trinajstić information content (AvgIpc) is 2.79. The smallest absolute Gasteiger partial charge is 0.127 e.